The molecule has 3 aromatic rings. The van der Waals surface area contributed by atoms with Crippen LogP contribution in [0.4, 0.5) is 5.69 Å². The maximum atomic E-state index is 13.6. The molecule has 0 N–H and O–H groups in total. The van der Waals surface area contributed by atoms with Crippen molar-refractivity contribution in [2.75, 3.05) is 20.3 Å². The first-order chi connectivity index (χ1) is 17.4. The van der Waals surface area contributed by atoms with Crippen LogP contribution >= 0.6 is 11.3 Å². The summed E-state index contributed by atoms with van der Waals surface area (Å²) in [6.45, 7) is 4.53. The van der Waals surface area contributed by atoms with Crippen molar-refractivity contribution >= 4 is 29.1 Å². The molecule has 1 atom stereocenters. The van der Waals surface area contributed by atoms with Crippen LogP contribution in [-0.2, 0) is 9.53 Å². The summed E-state index contributed by atoms with van der Waals surface area (Å²) in [5.41, 5.74) is 0.475. The van der Waals surface area contributed by atoms with Crippen LogP contribution in [0.15, 0.2) is 64.0 Å². The summed E-state index contributed by atoms with van der Waals surface area (Å²) in [7, 11) is 1.25. The van der Waals surface area contributed by atoms with Crippen LogP contribution in [0.3, 0.4) is 0 Å². The summed E-state index contributed by atoms with van der Waals surface area (Å²) >= 11 is 1.08. The third-order valence-electron chi connectivity index (χ3n) is 5.43. The number of nitro benzene ring substituents is 1. The van der Waals surface area contributed by atoms with Crippen molar-refractivity contribution in [2.24, 2.45) is 4.99 Å². The van der Waals surface area contributed by atoms with E-state index in [0.717, 1.165) is 11.3 Å². The summed E-state index contributed by atoms with van der Waals surface area (Å²) < 4.78 is 18.0. The molecule has 10 nitrogen and oxygen atoms in total. The number of hydrogen-bond donors (Lipinski definition) is 0. The van der Waals surface area contributed by atoms with Crippen molar-refractivity contribution in [3.8, 4) is 11.5 Å². The van der Waals surface area contributed by atoms with Gasteiger partial charge in [-0.3, -0.25) is 19.5 Å². The first-order valence-electron chi connectivity index (χ1n) is 11.1. The predicted octanol–water partition coefficient (Wildman–Crippen LogP) is 2.72. The molecule has 1 aromatic heterocycles. The van der Waals surface area contributed by atoms with E-state index in [2.05, 4.69) is 4.99 Å². The highest BCUT2D eigenvalue weighted by atomic mass is 32.1. The minimum atomic E-state index is -0.850. The summed E-state index contributed by atoms with van der Waals surface area (Å²) in [6, 6.07) is 10.5. The Morgan fingerprint density at radius 1 is 1.17 bits per heavy atom. The zero-order valence-electron chi connectivity index (χ0n) is 19.8. The van der Waals surface area contributed by atoms with Crippen LogP contribution in [0.1, 0.15) is 31.0 Å². The molecule has 0 radical (unpaired) electrons. The molecule has 2 aromatic carbocycles. The molecule has 0 amide bonds. The van der Waals surface area contributed by atoms with Crippen LogP contribution in [0, 0.1) is 10.1 Å². The van der Waals surface area contributed by atoms with Gasteiger partial charge in [-0.05, 0) is 43.7 Å². The number of methoxy groups -OCH3 is 1. The van der Waals surface area contributed by atoms with Gasteiger partial charge >= 0.3 is 5.97 Å². The van der Waals surface area contributed by atoms with Crippen LogP contribution in [0.5, 0.6) is 11.5 Å². The third-order valence-corrected chi connectivity index (χ3v) is 6.43. The second kappa shape index (κ2) is 10.6. The zero-order valence-corrected chi connectivity index (χ0v) is 20.6. The van der Waals surface area contributed by atoms with Gasteiger partial charge in [0.15, 0.2) is 16.3 Å². The molecule has 2 heterocycles. The van der Waals surface area contributed by atoms with Crippen molar-refractivity contribution in [1.82, 2.24) is 4.57 Å². The van der Waals surface area contributed by atoms with Gasteiger partial charge in [-0.1, -0.05) is 29.5 Å². The monoisotopic (exact) mass is 509 g/mol. The molecular formula is C25H23N3O7S. The topological polar surface area (TPSA) is 122 Å². The summed E-state index contributed by atoms with van der Waals surface area (Å²) in [4.78, 5) is 41.9. The Kier molecular flexibility index (Phi) is 7.30. The fourth-order valence-corrected chi connectivity index (χ4v) is 4.86. The number of rotatable bonds is 8. The normalized spacial score (nSPS) is 14.9. The highest BCUT2D eigenvalue weighted by Gasteiger charge is 2.31. The number of benzene rings is 2. The number of carbonyl (C=O) groups excluding carboxylic acids is 1. The number of carbonyl (C=O) groups is 1. The Labute approximate surface area is 209 Å². The highest BCUT2D eigenvalue weighted by molar-refractivity contribution is 7.07. The maximum absolute atomic E-state index is 13.6. The van der Waals surface area contributed by atoms with Gasteiger partial charge in [0.2, 0.25) is 0 Å². The standard InChI is InChI=1S/C25H23N3O7S/c1-4-34-19-11-10-16(12-20(19)35-5-2)22-17(24(30)33-3)14-26-25-27(22)23(29)21(36-25)13-15-8-6-7-9-18(15)28(31)32/h6-14,22H,4-5H2,1-3H3/b21-13-/t22-/m0/s1. The molecule has 1 aliphatic rings. The van der Waals surface area contributed by atoms with Crippen molar-refractivity contribution < 1.29 is 23.9 Å². The molecule has 0 bridgehead atoms. The largest absolute Gasteiger partial charge is 0.490 e. The van der Waals surface area contributed by atoms with E-state index in [4.69, 9.17) is 14.2 Å². The Balaban J connectivity index is 1.93. The maximum Gasteiger partial charge on any atom is 0.337 e. The molecular weight excluding hydrogens is 486 g/mol. The zero-order chi connectivity index (χ0) is 25.8. The van der Waals surface area contributed by atoms with E-state index in [9.17, 15) is 19.7 Å². The van der Waals surface area contributed by atoms with Gasteiger partial charge in [0.05, 0.1) is 47.0 Å². The fraction of sp³-hybridized carbons (Fsp3) is 0.240. The predicted molar refractivity (Wildman–Crippen MR) is 133 cm³/mol. The Hall–Kier alpha value is -4.25. The number of hydrogen-bond acceptors (Lipinski definition) is 9. The lowest BCUT2D eigenvalue weighted by atomic mass is 9.97. The quantitative estimate of drug-likeness (QED) is 0.260. The fourth-order valence-electron chi connectivity index (χ4n) is 3.90. The Morgan fingerprint density at radius 2 is 1.89 bits per heavy atom. The van der Waals surface area contributed by atoms with Crippen LogP contribution in [-0.4, -0.2) is 35.8 Å². The van der Waals surface area contributed by atoms with Gasteiger partial charge in [0, 0.05) is 12.3 Å². The van der Waals surface area contributed by atoms with Crippen molar-refractivity contribution in [3.63, 3.8) is 0 Å². The van der Waals surface area contributed by atoms with Crippen LogP contribution < -0.4 is 24.4 Å². The molecule has 11 heteroatoms. The molecule has 0 saturated carbocycles. The molecule has 0 unspecified atom stereocenters. The summed E-state index contributed by atoms with van der Waals surface area (Å²) in [6.07, 6.45) is 2.85. The van der Waals surface area contributed by atoms with Crippen LogP contribution in [0.2, 0.25) is 0 Å². The highest BCUT2D eigenvalue weighted by Crippen LogP contribution is 2.35. The number of fused-ring (bicyclic) bond motifs is 1. The molecule has 36 heavy (non-hydrogen) atoms. The van der Waals surface area contributed by atoms with Gasteiger partial charge in [0.25, 0.3) is 11.2 Å². The molecule has 0 saturated heterocycles. The van der Waals surface area contributed by atoms with E-state index in [1.54, 1.807) is 36.4 Å². The first-order valence-corrected chi connectivity index (χ1v) is 11.9. The number of para-hydroxylation sites is 1. The number of nitro groups is 1. The van der Waals surface area contributed by atoms with Crippen LogP contribution in [0.25, 0.3) is 6.08 Å². The van der Waals surface area contributed by atoms with Crippen molar-refractivity contribution in [3.05, 3.63) is 95.2 Å². The lowest BCUT2D eigenvalue weighted by Gasteiger charge is -2.23. The van der Waals surface area contributed by atoms with Crippen molar-refractivity contribution in [1.29, 1.82) is 0 Å². The van der Waals surface area contributed by atoms with E-state index >= 15 is 0 Å². The number of esters is 1. The minimum Gasteiger partial charge on any atom is -0.490 e. The molecule has 1 aliphatic heterocycles. The lowest BCUT2D eigenvalue weighted by molar-refractivity contribution is -0.385. The van der Waals surface area contributed by atoms with E-state index in [1.807, 2.05) is 13.8 Å². The first kappa shape index (κ1) is 24.9. The van der Waals surface area contributed by atoms with E-state index in [1.165, 1.54) is 30.0 Å². The molecule has 0 fully saturated rings. The van der Waals surface area contributed by atoms with Crippen molar-refractivity contribution in [2.45, 2.75) is 19.9 Å². The van der Waals surface area contributed by atoms with E-state index in [0.29, 0.717) is 35.1 Å². The van der Waals surface area contributed by atoms with Gasteiger partial charge in [-0.2, -0.15) is 0 Å². The number of ether oxygens (including phenoxy) is 3. The molecule has 0 aliphatic carbocycles. The second-order valence-electron chi connectivity index (χ2n) is 7.56. The molecule has 186 valence electrons. The minimum absolute atomic E-state index is 0.122. The third kappa shape index (κ3) is 4.65. The van der Waals surface area contributed by atoms with Gasteiger partial charge in [0.1, 0.15) is 0 Å². The summed E-state index contributed by atoms with van der Waals surface area (Å²) in [5, 5.41) is 11.4. The molecule has 0 spiro atoms. The Morgan fingerprint density at radius 3 is 2.58 bits per heavy atom. The number of thiazole rings is 1. The van der Waals surface area contributed by atoms with E-state index in [-0.39, 0.29) is 21.4 Å². The average Bonchev–Trinajstić information content (AvgIpc) is 3.19. The smallest absolute Gasteiger partial charge is 0.337 e. The average molecular weight is 510 g/mol. The molecule has 4 rings (SSSR count). The van der Waals surface area contributed by atoms with Gasteiger partial charge in [-0.25, -0.2) is 9.79 Å². The van der Waals surface area contributed by atoms with Gasteiger partial charge < -0.3 is 14.2 Å². The SMILES string of the molecule is CCOc1ccc([C@H]2C(C(=O)OC)=CN=c3s/c(=C\c4ccccc4[N+](=O)[O-])c(=O)n32)cc1OCC. The number of aromatic nitrogens is 1. The van der Waals surface area contributed by atoms with Gasteiger partial charge in [-0.15, -0.1) is 0 Å². The summed E-state index contributed by atoms with van der Waals surface area (Å²) in [5.74, 6) is 0.374. The second-order valence-corrected chi connectivity index (χ2v) is 8.57. The van der Waals surface area contributed by atoms with E-state index < -0.39 is 22.5 Å². The lowest BCUT2D eigenvalue weighted by Crippen LogP contribution is -2.39. The number of nitrogens with zero attached hydrogens (tertiary/aromatic N) is 3. The Bertz CT molecular complexity index is 1540.